The molecule has 0 bridgehead atoms. The first-order chi connectivity index (χ1) is 7.86. The summed E-state index contributed by atoms with van der Waals surface area (Å²) in [5, 5.41) is 21.2. The highest BCUT2D eigenvalue weighted by atomic mass is 16.5. The van der Waals surface area contributed by atoms with Crippen molar-refractivity contribution in [3.8, 4) is 0 Å². The number of amides is 1. The van der Waals surface area contributed by atoms with Crippen LogP contribution in [0.1, 0.15) is 52.9 Å². The minimum atomic E-state index is -1.21. The van der Waals surface area contributed by atoms with E-state index in [2.05, 4.69) is 5.32 Å². The highest BCUT2D eigenvalue weighted by molar-refractivity contribution is 5.81. The first kappa shape index (κ1) is 14.5. The van der Waals surface area contributed by atoms with Crippen molar-refractivity contribution in [1.29, 1.82) is 0 Å². The van der Waals surface area contributed by atoms with Crippen molar-refractivity contribution >= 4 is 5.91 Å². The minimum Gasteiger partial charge on any atom is -0.368 e. The van der Waals surface area contributed by atoms with Gasteiger partial charge in [0, 0.05) is 17.4 Å². The van der Waals surface area contributed by atoms with Crippen molar-refractivity contribution in [3.05, 3.63) is 0 Å². The topological polar surface area (TPSA) is 69.6 Å². The van der Waals surface area contributed by atoms with Crippen molar-refractivity contribution < 1.29 is 15.0 Å². The van der Waals surface area contributed by atoms with Crippen molar-refractivity contribution in [1.82, 2.24) is 5.32 Å². The molecule has 0 spiro atoms. The summed E-state index contributed by atoms with van der Waals surface area (Å²) in [7, 11) is 0. The zero-order valence-corrected chi connectivity index (χ0v) is 11.1. The molecule has 0 saturated heterocycles. The van der Waals surface area contributed by atoms with Crippen LogP contribution in [0.4, 0.5) is 0 Å². The molecule has 100 valence electrons. The van der Waals surface area contributed by atoms with E-state index in [1.165, 1.54) is 0 Å². The van der Waals surface area contributed by atoms with Gasteiger partial charge in [0.05, 0.1) is 0 Å². The summed E-state index contributed by atoms with van der Waals surface area (Å²) in [4.78, 5) is 12.0. The predicted octanol–water partition coefficient (Wildman–Crippen LogP) is 1.41. The van der Waals surface area contributed by atoms with E-state index in [-0.39, 0.29) is 23.3 Å². The van der Waals surface area contributed by atoms with E-state index in [0.717, 1.165) is 32.1 Å². The maximum atomic E-state index is 12.0. The molecule has 1 aliphatic rings. The number of carbonyl (C=O) groups is 1. The molecule has 1 rings (SSSR count). The van der Waals surface area contributed by atoms with Crippen LogP contribution in [-0.4, -0.2) is 28.5 Å². The van der Waals surface area contributed by atoms with Crippen LogP contribution in [0.25, 0.3) is 0 Å². The third-order valence-electron chi connectivity index (χ3n) is 4.03. The Bertz CT molecular complexity index is 255. The Kier molecular flexibility index (Phi) is 4.95. The van der Waals surface area contributed by atoms with Crippen molar-refractivity contribution in [2.45, 2.75) is 65.2 Å². The summed E-state index contributed by atoms with van der Waals surface area (Å²) < 4.78 is 0. The fourth-order valence-corrected chi connectivity index (χ4v) is 2.10. The first-order valence-corrected chi connectivity index (χ1v) is 6.54. The lowest BCUT2D eigenvalue weighted by molar-refractivity contribution is -0.131. The predicted molar refractivity (Wildman–Crippen MR) is 66.2 cm³/mol. The molecular formula is C13H25NO3. The van der Waals surface area contributed by atoms with Crippen LogP contribution in [0.5, 0.6) is 0 Å². The largest absolute Gasteiger partial charge is 0.368 e. The molecule has 3 N–H and O–H groups in total. The second kappa shape index (κ2) is 5.83. The lowest BCUT2D eigenvalue weighted by Gasteiger charge is -2.32. The Hall–Kier alpha value is -0.610. The van der Waals surface area contributed by atoms with Gasteiger partial charge < -0.3 is 15.5 Å². The molecule has 1 saturated carbocycles. The first-order valence-electron chi connectivity index (χ1n) is 6.54. The SMILES string of the molecule is CCC(C)(C)C(=O)NC1CCC(C(O)O)CC1. The van der Waals surface area contributed by atoms with E-state index in [0.29, 0.717) is 0 Å². The fourth-order valence-electron chi connectivity index (χ4n) is 2.10. The van der Waals surface area contributed by atoms with E-state index in [4.69, 9.17) is 10.2 Å². The van der Waals surface area contributed by atoms with Gasteiger partial charge in [-0.1, -0.05) is 20.8 Å². The van der Waals surface area contributed by atoms with E-state index in [9.17, 15) is 4.79 Å². The second-order valence-corrected chi connectivity index (χ2v) is 5.74. The molecular weight excluding hydrogens is 218 g/mol. The molecule has 0 aliphatic heterocycles. The van der Waals surface area contributed by atoms with Gasteiger partial charge in [0.15, 0.2) is 6.29 Å². The van der Waals surface area contributed by atoms with E-state index in [1.54, 1.807) is 0 Å². The third-order valence-corrected chi connectivity index (χ3v) is 4.03. The molecule has 0 aromatic carbocycles. The van der Waals surface area contributed by atoms with Crippen LogP contribution >= 0.6 is 0 Å². The summed E-state index contributed by atoms with van der Waals surface area (Å²) >= 11 is 0. The zero-order chi connectivity index (χ0) is 13.1. The fraction of sp³-hybridized carbons (Fsp3) is 0.923. The highest BCUT2D eigenvalue weighted by Crippen LogP contribution is 2.27. The van der Waals surface area contributed by atoms with Crippen LogP contribution in [0.15, 0.2) is 0 Å². The monoisotopic (exact) mass is 243 g/mol. The average molecular weight is 243 g/mol. The normalized spacial score (nSPS) is 26.0. The molecule has 0 radical (unpaired) electrons. The van der Waals surface area contributed by atoms with Gasteiger partial charge in [-0.2, -0.15) is 0 Å². The lowest BCUT2D eigenvalue weighted by Crippen LogP contribution is -2.44. The second-order valence-electron chi connectivity index (χ2n) is 5.74. The molecule has 1 aliphatic carbocycles. The molecule has 0 unspecified atom stereocenters. The molecule has 17 heavy (non-hydrogen) atoms. The molecule has 4 nitrogen and oxygen atoms in total. The molecule has 0 atom stereocenters. The Balaban J connectivity index is 2.38. The summed E-state index contributed by atoms with van der Waals surface area (Å²) in [5.74, 6) is 0.0790. The van der Waals surface area contributed by atoms with Gasteiger partial charge in [-0.25, -0.2) is 0 Å². The molecule has 1 fully saturated rings. The maximum Gasteiger partial charge on any atom is 0.225 e. The number of rotatable bonds is 4. The van der Waals surface area contributed by atoms with Gasteiger partial charge >= 0.3 is 0 Å². The number of carbonyl (C=O) groups excluding carboxylic acids is 1. The minimum absolute atomic E-state index is 0.0256. The molecule has 0 heterocycles. The van der Waals surface area contributed by atoms with Gasteiger partial charge in [0.25, 0.3) is 0 Å². The summed E-state index contributed by atoms with van der Waals surface area (Å²) in [6.07, 6.45) is 2.84. The molecule has 4 heteroatoms. The molecule has 1 amide bonds. The van der Waals surface area contributed by atoms with Gasteiger partial charge in [-0.15, -0.1) is 0 Å². The summed E-state index contributed by atoms with van der Waals surface area (Å²) in [6.45, 7) is 5.91. The quantitative estimate of drug-likeness (QED) is 0.654. The molecule has 0 aromatic heterocycles. The van der Waals surface area contributed by atoms with E-state index in [1.807, 2.05) is 20.8 Å². The van der Waals surface area contributed by atoms with Gasteiger partial charge in [-0.3, -0.25) is 4.79 Å². The number of aliphatic hydroxyl groups is 2. The van der Waals surface area contributed by atoms with Crippen LogP contribution in [-0.2, 0) is 4.79 Å². The smallest absolute Gasteiger partial charge is 0.225 e. The standard InChI is InChI=1S/C13H25NO3/c1-4-13(2,3)12(17)14-10-7-5-9(6-8-10)11(15)16/h9-11,15-16H,4-8H2,1-3H3,(H,14,17). The lowest BCUT2D eigenvalue weighted by atomic mass is 9.84. The average Bonchev–Trinajstić information content (AvgIpc) is 2.29. The number of nitrogens with one attached hydrogen (secondary N) is 1. The highest BCUT2D eigenvalue weighted by Gasteiger charge is 2.30. The van der Waals surface area contributed by atoms with E-state index >= 15 is 0 Å². The number of hydrogen-bond donors (Lipinski definition) is 3. The Morgan fingerprint density at radius 1 is 1.29 bits per heavy atom. The Labute approximate surface area is 103 Å². The molecule has 0 aromatic rings. The van der Waals surface area contributed by atoms with Crippen molar-refractivity contribution in [2.24, 2.45) is 11.3 Å². The Morgan fingerprint density at radius 2 is 1.82 bits per heavy atom. The zero-order valence-electron chi connectivity index (χ0n) is 11.1. The third kappa shape index (κ3) is 3.96. The van der Waals surface area contributed by atoms with Crippen LogP contribution in [0, 0.1) is 11.3 Å². The van der Waals surface area contributed by atoms with E-state index < -0.39 is 6.29 Å². The van der Waals surface area contributed by atoms with Gasteiger partial charge in [0.1, 0.15) is 0 Å². The Morgan fingerprint density at radius 3 is 2.24 bits per heavy atom. The number of hydrogen-bond acceptors (Lipinski definition) is 3. The van der Waals surface area contributed by atoms with Crippen LogP contribution in [0.3, 0.4) is 0 Å². The van der Waals surface area contributed by atoms with Crippen LogP contribution < -0.4 is 5.32 Å². The summed E-state index contributed by atoms with van der Waals surface area (Å²) in [6, 6.07) is 0.198. The van der Waals surface area contributed by atoms with Crippen molar-refractivity contribution in [2.75, 3.05) is 0 Å². The summed E-state index contributed by atoms with van der Waals surface area (Å²) in [5.41, 5.74) is -0.312. The van der Waals surface area contributed by atoms with Crippen LogP contribution in [0.2, 0.25) is 0 Å². The maximum absolute atomic E-state index is 12.0. The van der Waals surface area contributed by atoms with Gasteiger partial charge in [0.2, 0.25) is 5.91 Å². The van der Waals surface area contributed by atoms with Gasteiger partial charge in [-0.05, 0) is 32.1 Å². The number of aliphatic hydroxyl groups excluding tert-OH is 1. The van der Waals surface area contributed by atoms with Crippen molar-refractivity contribution in [3.63, 3.8) is 0 Å².